The fourth-order valence-corrected chi connectivity index (χ4v) is 7.22. The lowest BCUT2D eigenvalue weighted by molar-refractivity contribution is 0.348. The first-order valence-electron chi connectivity index (χ1n) is 7.46. The number of rotatable bonds is 3. The molecule has 0 amide bonds. The number of halogens is 1. The first-order chi connectivity index (χ1) is 11.6. The summed E-state index contributed by atoms with van der Waals surface area (Å²) >= 11 is 8.65. The van der Waals surface area contributed by atoms with Gasteiger partial charge in [0.1, 0.15) is 4.21 Å². The minimum absolute atomic E-state index is 0.277. The van der Waals surface area contributed by atoms with Gasteiger partial charge in [0, 0.05) is 11.4 Å². The van der Waals surface area contributed by atoms with Crippen molar-refractivity contribution in [3.8, 4) is 0 Å². The van der Waals surface area contributed by atoms with Crippen LogP contribution in [0.3, 0.4) is 0 Å². The summed E-state index contributed by atoms with van der Waals surface area (Å²) in [6, 6.07) is 15.0. The molecule has 2 aromatic heterocycles. The van der Waals surface area contributed by atoms with Crippen LogP contribution in [-0.2, 0) is 16.4 Å². The smallest absolute Gasteiger partial charge is 0.206 e. The Morgan fingerprint density at radius 1 is 1.08 bits per heavy atom. The molecule has 0 aliphatic carbocycles. The average Bonchev–Trinajstić information content (AvgIpc) is 3.25. The van der Waals surface area contributed by atoms with E-state index in [-0.39, 0.29) is 6.04 Å². The summed E-state index contributed by atoms with van der Waals surface area (Å²) in [7, 11) is -3.59. The summed E-state index contributed by atoms with van der Waals surface area (Å²) in [6.07, 6.45) is 0.719. The molecule has 0 radical (unpaired) electrons. The Morgan fingerprint density at radius 2 is 1.92 bits per heavy atom. The van der Waals surface area contributed by atoms with Crippen LogP contribution < -0.4 is 0 Å². The highest BCUT2D eigenvalue weighted by Crippen LogP contribution is 2.41. The third-order valence-corrected chi connectivity index (χ3v) is 8.65. The molecule has 3 aromatic rings. The van der Waals surface area contributed by atoms with Crippen LogP contribution in [0.25, 0.3) is 0 Å². The first kappa shape index (κ1) is 16.3. The number of sulfonamides is 1. The molecule has 3 heterocycles. The van der Waals surface area contributed by atoms with E-state index in [2.05, 4.69) is 6.07 Å². The van der Waals surface area contributed by atoms with Crippen LogP contribution in [0.15, 0.2) is 58.1 Å². The molecule has 4 rings (SSSR count). The van der Waals surface area contributed by atoms with Crippen molar-refractivity contribution in [1.29, 1.82) is 0 Å². The van der Waals surface area contributed by atoms with Crippen molar-refractivity contribution in [2.24, 2.45) is 0 Å². The van der Waals surface area contributed by atoms with Crippen molar-refractivity contribution < 1.29 is 8.42 Å². The zero-order chi connectivity index (χ0) is 16.7. The van der Waals surface area contributed by atoms with Crippen LogP contribution in [0.5, 0.6) is 0 Å². The minimum Gasteiger partial charge on any atom is -0.206 e. The van der Waals surface area contributed by atoms with E-state index in [9.17, 15) is 8.42 Å². The molecule has 124 valence electrons. The van der Waals surface area contributed by atoms with E-state index in [0.717, 1.165) is 28.2 Å². The van der Waals surface area contributed by atoms with Crippen LogP contribution in [-0.4, -0.2) is 19.3 Å². The SMILES string of the molecule is O=S(=O)(c1ccc(Cl)s1)N1CCc2ccccc2C1c1cccs1. The second-order valence-corrected chi connectivity index (χ2v) is 10.4. The minimum atomic E-state index is -3.59. The molecule has 0 N–H and O–H groups in total. The molecule has 0 saturated carbocycles. The maximum absolute atomic E-state index is 13.2. The predicted molar refractivity (Wildman–Crippen MR) is 99.5 cm³/mol. The summed E-state index contributed by atoms with van der Waals surface area (Å²) in [5.74, 6) is 0. The lowest BCUT2D eigenvalue weighted by Gasteiger charge is -2.35. The van der Waals surface area contributed by atoms with Gasteiger partial charge in [-0.3, -0.25) is 0 Å². The van der Waals surface area contributed by atoms with E-state index in [1.165, 1.54) is 5.56 Å². The van der Waals surface area contributed by atoms with Crippen LogP contribution in [0, 0.1) is 0 Å². The van der Waals surface area contributed by atoms with Gasteiger partial charge in [0.15, 0.2) is 0 Å². The normalized spacial score (nSPS) is 18.5. The van der Waals surface area contributed by atoms with E-state index in [4.69, 9.17) is 11.6 Å². The van der Waals surface area contributed by atoms with Crippen LogP contribution in [0.1, 0.15) is 22.0 Å². The fraction of sp³-hybridized carbons (Fsp3) is 0.176. The third-order valence-electron chi connectivity index (χ3n) is 4.16. The van der Waals surface area contributed by atoms with Crippen molar-refractivity contribution in [1.82, 2.24) is 4.31 Å². The van der Waals surface area contributed by atoms with Gasteiger partial charge < -0.3 is 0 Å². The number of benzene rings is 1. The Labute approximate surface area is 154 Å². The van der Waals surface area contributed by atoms with E-state index >= 15 is 0 Å². The van der Waals surface area contributed by atoms with Crippen molar-refractivity contribution in [2.75, 3.05) is 6.54 Å². The molecular weight excluding hydrogens is 382 g/mol. The lowest BCUT2D eigenvalue weighted by Crippen LogP contribution is -2.39. The van der Waals surface area contributed by atoms with E-state index in [1.807, 2.05) is 35.7 Å². The largest absolute Gasteiger partial charge is 0.253 e. The van der Waals surface area contributed by atoms with Gasteiger partial charge in [-0.2, -0.15) is 4.31 Å². The zero-order valence-corrected chi connectivity index (χ0v) is 15.8. The Morgan fingerprint density at radius 3 is 2.62 bits per heavy atom. The second-order valence-electron chi connectivity index (χ2n) is 5.54. The summed E-state index contributed by atoms with van der Waals surface area (Å²) in [6.45, 7) is 0.470. The summed E-state index contributed by atoms with van der Waals surface area (Å²) < 4.78 is 28.8. The molecule has 3 nitrogen and oxygen atoms in total. The quantitative estimate of drug-likeness (QED) is 0.638. The topological polar surface area (TPSA) is 37.4 Å². The Bertz CT molecular complexity index is 963. The lowest BCUT2D eigenvalue weighted by atomic mass is 9.93. The molecule has 1 aromatic carbocycles. The summed E-state index contributed by atoms with van der Waals surface area (Å²) in [4.78, 5) is 1.04. The highest BCUT2D eigenvalue weighted by molar-refractivity contribution is 7.91. The molecule has 1 aliphatic rings. The standard InChI is InChI=1S/C17H14ClNO2S3/c18-15-7-8-16(23-15)24(20,21)19-10-9-12-4-1-2-5-13(12)17(19)14-6-3-11-22-14/h1-8,11,17H,9-10H2. The van der Waals surface area contributed by atoms with Crippen molar-refractivity contribution in [2.45, 2.75) is 16.7 Å². The molecule has 7 heteroatoms. The van der Waals surface area contributed by atoms with Crippen LogP contribution >= 0.6 is 34.3 Å². The molecule has 1 atom stereocenters. The van der Waals surface area contributed by atoms with E-state index < -0.39 is 10.0 Å². The van der Waals surface area contributed by atoms with Crippen molar-refractivity contribution in [3.05, 3.63) is 74.3 Å². The Kier molecular flexibility index (Phi) is 4.26. The maximum Gasteiger partial charge on any atom is 0.253 e. The van der Waals surface area contributed by atoms with Gasteiger partial charge in [0.25, 0.3) is 10.0 Å². The monoisotopic (exact) mass is 395 g/mol. The average molecular weight is 396 g/mol. The van der Waals surface area contributed by atoms with Gasteiger partial charge in [-0.25, -0.2) is 8.42 Å². The van der Waals surface area contributed by atoms with E-state index in [0.29, 0.717) is 15.1 Å². The second kappa shape index (κ2) is 6.28. The van der Waals surface area contributed by atoms with Crippen LogP contribution in [0.4, 0.5) is 0 Å². The molecule has 1 aliphatic heterocycles. The maximum atomic E-state index is 13.2. The van der Waals surface area contributed by atoms with Crippen LogP contribution in [0.2, 0.25) is 4.34 Å². The molecule has 0 bridgehead atoms. The molecule has 1 unspecified atom stereocenters. The van der Waals surface area contributed by atoms with Gasteiger partial charge >= 0.3 is 0 Å². The molecular formula is C17H14ClNO2S3. The Balaban J connectivity index is 1.86. The van der Waals surface area contributed by atoms with Gasteiger partial charge in [-0.1, -0.05) is 41.9 Å². The number of hydrogen-bond donors (Lipinski definition) is 0. The Hall–Kier alpha value is -1.18. The van der Waals surface area contributed by atoms with Gasteiger partial charge in [-0.05, 0) is 41.1 Å². The molecule has 0 fully saturated rings. The highest BCUT2D eigenvalue weighted by Gasteiger charge is 2.38. The van der Waals surface area contributed by atoms with Crippen molar-refractivity contribution >= 4 is 44.3 Å². The molecule has 0 saturated heterocycles. The molecule has 24 heavy (non-hydrogen) atoms. The molecule has 0 spiro atoms. The number of hydrogen-bond acceptors (Lipinski definition) is 4. The highest BCUT2D eigenvalue weighted by atomic mass is 35.5. The van der Waals surface area contributed by atoms with Gasteiger partial charge in [-0.15, -0.1) is 22.7 Å². The zero-order valence-electron chi connectivity index (χ0n) is 12.6. The number of thiophene rings is 2. The van der Waals surface area contributed by atoms with E-state index in [1.54, 1.807) is 27.8 Å². The summed E-state index contributed by atoms with van der Waals surface area (Å²) in [5.41, 5.74) is 2.28. The van der Waals surface area contributed by atoms with Gasteiger partial charge in [0.2, 0.25) is 0 Å². The number of nitrogens with zero attached hydrogens (tertiary/aromatic N) is 1. The first-order valence-corrected chi connectivity index (χ1v) is 11.0. The summed E-state index contributed by atoms with van der Waals surface area (Å²) in [5, 5.41) is 1.99. The fourth-order valence-electron chi connectivity index (χ4n) is 3.10. The third kappa shape index (κ3) is 2.72. The van der Waals surface area contributed by atoms with Crippen molar-refractivity contribution in [3.63, 3.8) is 0 Å². The van der Waals surface area contributed by atoms with Gasteiger partial charge in [0.05, 0.1) is 10.4 Å². The predicted octanol–water partition coefficient (Wildman–Crippen LogP) is 4.80. The number of fused-ring (bicyclic) bond motifs is 1.